The fourth-order valence-electron chi connectivity index (χ4n) is 2.76. The number of benzene rings is 2. The van der Waals surface area contributed by atoms with Gasteiger partial charge in [0, 0.05) is 22.8 Å². The topological polar surface area (TPSA) is 72.0 Å². The SMILES string of the molecule is O=S(=O)(c1ccc(Nc2nsc3cc(-c4ncccc4Cl)ccc23)cc1)C(F)(F)F. The Bertz CT molecular complexity index is 1340. The van der Waals surface area contributed by atoms with E-state index in [-0.39, 0.29) is 0 Å². The van der Waals surface area contributed by atoms with Crippen LogP contribution in [0.3, 0.4) is 0 Å². The number of nitrogens with one attached hydrogen (secondary N) is 1. The van der Waals surface area contributed by atoms with E-state index in [4.69, 9.17) is 11.6 Å². The predicted molar refractivity (Wildman–Crippen MR) is 111 cm³/mol. The van der Waals surface area contributed by atoms with E-state index in [1.54, 1.807) is 18.3 Å². The molecule has 0 spiro atoms. The highest BCUT2D eigenvalue weighted by Gasteiger charge is 2.46. The summed E-state index contributed by atoms with van der Waals surface area (Å²) in [6.45, 7) is 0. The second-order valence-corrected chi connectivity index (χ2v) is 9.33. The standard InChI is InChI=1S/C19H11ClF3N3O2S2/c20-15-2-1-9-24-17(15)11-3-8-14-16(10-11)29-26-18(14)25-12-4-6-13(7-5-12)30(27,28)19(21,22)23/h1-10H,(H,25,26). The molecule has 2 aromatic carbocycles. The van der Waals surface area contributed by atoms with Crippen LogP contribution >= 0.6 is 23.1 Å². The molecule has 5 nitrogen and oxygen atoms in total. The number of sulfone groups is 1. The number of alkyl halides is 3. The van der Waals surface area contributed by atoms with Crippen molar-refractivity contribution in [1.82, 2.24) is 9.36 Å². The molecule has 0 saturated carbocycles. The van der Waals surface area contributed by atoms with Crippen LogP contribution in [0.25, 0.3) is 21.3 Å². The summed E-state index contributed by atoms with van der Waals surface area (Å²) in [5, 5.41) is 4.31. The number of hydrogen-bond acceptors (Lipinski definition) is 6. The number of anilines is 2. The van der Waals surface area contributed by atoms with Crippen LogP contribution < -0.4 is 5.32 Å². The van der Waals surface area contributed by atoms with Gasteiger partial charge in [0.2, 0.25) is 0 Å². The molecular weight excluding hydrogens is 459 g/mol. The second kappa shape index (κ2) is 7.53. The number of aromatic nitrogens is 2. The molecule has 0 aliphatic carbocycles. The van der Waals surface area contributed by atoms with Gasteiger partial charge in [-0.25, -0.2) is 8.42 Å². The molecule has 2 aromatic heterocycles. The molecule has 0 atom stereocenters. The third-order valence-corrected chi connectivity index (χ3v) is 6.85. The molecule has 0 radical (unpaired) electrons. The first-order chi connectivity index (χ1) is 14.2. The normalized spacial score (nSPS) is 12.3. The summed E-state index contributed by atoms with van der Waals surface area (Å²) in [4.78, 5) is 3.46. The van der Waals surface area contributed by atoms with Crippen molar-refractivity contribution in [1.29, 1.82) is 0 Å². The number of rotatable bonds is 4. The average molecular weight is 470 g/mol. The van der Waals surface area contributed by atoms with Crippen molar-refractivity contribution in [3.63, 3.8) is 0 Å². The molecule has 0 saturated heterocycles. The van der Waals surface area contributed by atoms with Crippen molar-refractivity contribution < 1.29 is 21.6 Å². The number of hydrogen-bond donors (Lipinski definition) is 1. The van der Waals surface area contributed by atoms with E-state index in [0.29, 0.717) is 22.2 Å². The molecule has 4 aromatic rings. The maximum absolute atomic E-state index is 12.7. The van der Waals surface area contributed by atoms with Gasteiger partial charge in [-0.1, -0.05) is 17.7 Å². The molecule has 30 heavy (non-hydrogen) atoms. The molecule has 0 unspecified atom stereocenters. The van der Waals surface area contributed by atoms with E-state index >= 15 is 0 Å². The van der Waals surface area contributed by atoms with Gasteiger partial charge >= 0.3 is 5.51 Å². The second-order valence-electron chi connectivity index (χ2n) is 6.17. The molecule has 0 fully saturated rings. The zero-order valence-corrected chi connectivity index (χ0v) is 17.2. The maximum atomic E-state index is 12.7. The lowest BCUT2D eigenvalue weighted by molar-refractivity contribution is -0.0436. The largest absolute Gasteiger partial charge is 0.501 e. The van der Waals surface area contributed by atoms with Gasteiger partial charge < -0.3 is 5.32 Å². The summed E-state index contributed by atoms with van der Waals surface area (Å²) in [5.41, 5.74) is -3.48. The zero-order valence-electron chi connectivity index (χ0n) is 14.8. The summed E-state index contributed by atoms with van der Waals surface area (Å²) in [5.74, 6) is 0.500. The molecule has 0 aliphatic rings. The van der Waals surface area contributed by atoms with Gasteiger partial charge in [-0.15, -0.1) is 0 Å². The molecule has 154 valence electrons. The molecule has 0 amide bonds. The highest BCUT2D eigenvalue weighted by atomic mass is 35.5. The Hall–Kier alpha value is -2.69. The Kier molecular flexibility index (Phi) is 5.16. The summed E-state index contributed by atoms with van der Waals surface area (Å²) in [6.07, 6.45) is 1.65. The summed E-state index contributed by atoms with van der Waals surface area (Å²) < 4.78 is 66.1. The first kappa shape index (κ1) is 20.6. The van der Waals surface area contributed by atoms with Crippen LogP contribution in [0.15, 0.2) is 65.7 Å². The molecule has 4 rings (SSSR count). The first-order valence-corrected chi connectivity index (χ1v) is 11.0. The monoisotopic (exact) mass is 469 g/mol. The van der Waals surface area contributed by atoms with Crippen LogP contribution in [0.2, 0.25) is 5.02 Å². The van der Waals surface area contributed by atoms with Crippen LogP contribution in [-0.2, 0) is 9.84 Å². The zero-order chi connectivity index (χ0) is 21.5. The molecule has 1 N–H and O–H groups in total. The predicted octanol–water partition coefficient (Wildman–Crippen LogP) is 6.05. The van der Waals surface area contributed by atoms with E-state index in [2.05, 4.69) is 14.7 Å². The third-order valence-electron chi connectivity index (χ3n) is 4.24. The summed E-state index contributed by atoms with van der Waals surface area (Å²) >= 11 is 7.43. The molecular formula is C19H11ClF3N3O2S2. The average Bonchev–Trinajstić information content (AvgIpc) is 3.10. The third kappa shape index (κ3) is 3.73. The van der Waals surface area contributed by atoms with E-state index in [1.807, 2.05) is 18.2 Å². The quantitative estimate of drug-likeness (QED) is 0.394. The Morgan fingerprint density at radius 2 is 1.77 bits per heavy atom. The van der Waals surface area contributed by atoms with Crippen molar-refractivity contribution in [2.45, 2.75) is 10.4 Å². The van der Waals surface area contributed by atoms with Crippen LogP contribution in [-0.4, -0.2) is 23.3 Å². The highest BCUT2D eigenvalue weighted by molar-refractivity contribution is 7.92. The summed E-state index contributed by atoms with van der Waals surface area (Å²) in [7, 11) is -5.38. The van der Waals surface area contributed by atoms with Gasteiger partial charge in [-0.2, -0.15) is 17.5 Å². The minimum absolute atomic E-state index is 0.403. The van der Waals surface area contributed by atoms with Crippen molar-refractivity contribution in [2.24, 2.45) is 0 Å². The fraction of sp³-hybridized carbons (Fsp3) is 0.0526. The van der Waals surface area contributed by atoms with Crippen molar-refractivity contribution in [3.8, 4) is 11.3 Å². The minimum Gasteiger partial charge on any atom is -0.339 e. The smallest absolute Gasteiger partial charge is 0.339 e. The number of halogens is 4. The van der Waals surface area contributed by atoms with Gasteiger partial charge in [-0.05, 0) is 60.1 Å². The number of pyridine rings is 1. The van der Waals surface area contributed by atoms with Crippen molar-refractivity contribution in [2.75, 3.05) is 5.32 Å². The Labute approximate surface area is 178 Å². The lowest BCUT2D eigenvalue weighted by Gasteiger charge is -2.09. The maximum Gasteiger partial charge on any atom is 0.501 e. The lowest BCUT2D eigenvalue weighted by atomic mass is 10.1. The first-order valence-electron chi connectivity index (χ1n) is 8.35. The molecule has 2 heterocycles. The molecule has 11 heteroatoms. The van der Waals surface area contributed by atoms with Crippen LogP contribution in [0.4, 0.5) is 24.7 Å². The van der Waals surface area contributed by atoms with Crippen molar-refractivity contribution >= 4 is 54.6 Å². The Morgan fingerprint density at radius 1 is 1.03 bits per heavy atom. The Balaban J connectivity index is 1.61. The van der Waals surface area contributed by atoms with E-state index in [9.17, 15) is 21.6 Å². The van der Waals surface area contributed by atoms with Crippen LogP contribution in [0.5, 0.6) is 0 Å². The van der Waals surface area contributed by atoms with Gasteiger partial charge in [0.05, 0.1) is 20.3 Å². The molecule has 0 aliphatic heterocycles. The van der Waals surface area contributed by atoms with Gasteiger partial charge in [-0.3, -0.25) is 4.98 Å². The summed E-state index contributed by atoms with van der Waals surface area (Å²) in [6, 6.07) is 13.4. The van der Waals surface area contributed by atoms with Gasteiger partial charge in [0.25, 0.3) is 9.84 Å². The van der Waals surface area contributed by atoms with E-state index in [0.717, 1.165) is 27.8 Å². The minimum atomic E-state index is -5.38. The number of nitrogens with zero attached hydrogens (tertiary/aromatic N) is 2. The fourth-order valence-corrected chi connectivity index (χ4v) is 4.53. The highest BCUT2D eigenvalue weighted by Crippen LogP contribution is 2.35. The van der Waals surface area contributed by atoms with Crippen LogP contribution in [0.1, 0.15) is 0 Å². The van der Waals surface area contributed by atoms with E-state index < -0.39 is 20.2 Å². The lowest BCUT2D eigenvalue weighted by Crippen LogP contribution is -2.23. The molecule has 0 bridgehead atoms. The van der Waals surface area contributed by atoms with Crippen molar-refractivity contribution in [3.05, 3.63) is 65.8 Å². The van der Waals surface area contributed by atoms with Crippen LogP contribution in [0, 0.1) is 0 Å². The van der Waals surface area contributed by atoms with Gasteiger partial charge in [0.1, 0.15) is 0 Å². The van der Waals surface area contributed by atoms with E-state index in [1.165, 1.54) is 23.7 Å². The number of fused-ring (bicyclic) bond motifs is 1. The Morgan fingerprint density at radius 3 is 2.43 bits per heavy atom. The van der Waals surface area contributed by atoms with Gasteiger partial charge in [0.15, 0.2) is 5.82 Å².